The Morgan fingerprint density at radius 3 is 2.36 bits per heavy atom. The van der Waals surface area contributed by atoms with Gasteiger partial charge in [0.05, 0.1) is 17.5 Å². The van der Waals surface area contributed by atoms with Crippen LogP contribution in [0, 0.1) is 5.82 Å². The predicted molar refractivity (Wildman–Crippen MR) is 94.7 cm³/mol. The normalized spacial score (nSPS) is 15.5. The van der Waals surface area contributed by atoms with Crippen molar-refractivity contribution in [2.45, 2.75) is 19.3 Å². The molecule has 8 heteroatoms. The molecule has 2 aromatic rings. The van der Waals surface area contributed by atoms with Gasteiger partial charge >= 0.3 is 5.97 Å². The molecule has 2 aliphatic heterocycles. The Labute approximate surface area is 159 Å². The predicted octanol–water partition coefficient (Wildman–Crippen LogP) is 2.25. The third-order valence-electron chi connectivity index (χ3n) is 4.73. The molecule has 0 unspecified atom stereocenters. The Hall–Kier alpha value is -3.55. The number of carbonyl (C=O) groups is 4. The van der Waals surface area contributed by atoms with Gasteiger partial charge in [-0.2, -0.15) is 0 Å². The summed E-state index contributed by atoms with van der Waals surface area (Å²) in [5, 5.41) is 0.439. The van der Waals surface area contributed by atoms with Crippen molar-refractivity contribution in [3.8, 4) is 0 Å². The highest BCUT2D eigenvalue weighted by Gasteiger charge is 2.38. The maximum atomic E-state index is 13.4. The highest BCUT2D eigenvalue weighted by Crippen LogP contribution is 2.29. The van der Waals surface area contributed by atoms with Crippen molar-refractivity contribution in [3.05, 3.63) is 65.0 Å². The fraction of sp³-hybridized carbons (Fsp3) is 0.200. The molecule has 28 heavy (non-hydrogen) atoms. The molecule has 0 bridgehead atoms. The molecule has 2 aromatic carbocycles. The van der Waals surface area contributed by atoms with Crippen molar-refractivity contribution in [1.29, 1.82) is 0 Å². The van der Waals surface area contributed by atoms with Gasteiger partial charge in [0.25, 0.3) is 11.8 Å². The van der Waals surface area contributed by atoms with E-state index < -0.39 is 23.6 Å². The van der Waals surface area contributed by atoms with E-state index in [1.807, 2.05) is 0 Å². The molecule has 0 fully saturated rings. The van der Waals surface area contributed by atoms with Crippen LogP contribution in [0.15, 0.2) is 42.5 Å². The van der Waals surface area contributed by atoms with E-state index in [1.54, 1.807) is 12.1 Å². The van der Waals surface area contributed by atoms with Crippen molar-refractivity contribution >= 4 is 29.4 Å². The van der Waals surface area contributed by atoms with Crippen LogP contribution in [0.2, 0.25) is 0 Å². The number of amides is 3. The van der Waals surface area contributed by atoms with E-state index in [-0.39, 0.29) is 36.4 Å². The summed E-state index contributed by atoms with van der Waals surface area (Å²) in [6.45, 7) is -0.000527. The molecule has 2 heterocycles. The number of carbonyl (C=O) groups excluding carboxylic acids is 4. The summed E-state index contributed by atoms with van der Waals surface area (Å²) in [4.78, 5) is 55.2. The van der Waals surface area contributed by atoms with Gasteiger partial charge in [0.2, 0.25) is 5.91 Å². The first-order valence-corrected chi connectivity index (χ1v) is 8.73. The smallest absolute Gasteiger partial charge is 0.330 e. The van der Waals surface area contributed by atoms with Gasteiger partial charge in [-0.05, 0) is 42.3 Å². The van der Waals surface area contributed by atoms with Gasteiger partial charge in [-0.15, -0.1) is 0 Å². The average Bonchev–Trinajstić information content (AvgIpc) is 2.92. The highest BCUT2D eigenvalue weighted by molar-refractivity contribution is 6.20. The lowest BCUT2D eigenvalue weighted by molar-refractivity contribution is -0.168. The average molecular weight is 382 g/mol. The number of benzene rings is 2. The number of aryl methyl sites for hydroxylation is 1. The lowest BCUT2D eigenvalue weighted by Crippen LogP contribution is -2.38. The Bertz CT molecular complexity index is 984. The van der Waals surface area contributed by atoms with E-state index in [1.165, 1.54) is 35.2 Å². The summed E-state index contributed by atoms with van der Waals surface area (Å²) >= 11 is 0. The lowest BCUT2D eigenvalue weighted by atomic mass is 10.0. The molecule has 2 aliphatic rings. The van der Waals surface area contributed by atoms with Crippen LogP contribution in [0.5, 0.6) is 0 Å². The third kappa shape index (κ3) is 3.02. The Morgan fingerprint density at radius 1 is 1.00 bits per heavy atom. The highest BCUT2D eigenvalue weighted by atomic mass is 19.1. The fourth-order valence-electron chi connectivity index (χ4n) is 3.37. The molecular formula is C20H15FN2O5. The molecule has 4 rings (SSSR count). The van der Waals surface area contributed by atoms with Crippen LogP contribution in [0.3, 0.4) is 0 Å². The first kappa shape index (κ1) is 17.8. The van der Waals surface area contributed by atoms with E-state index in [0.29, 0.717) is 22.7 Å². The van der Waals surface area contributed by atoms with Gasteiger partial charge < -0.3 is 9.74 Å². The van der Waals surface area contributed by atoms with E-state index in [4.69, 9.17) is 4.84 Å². The summed E-state index contributed by atoms with van der Waals surface area (Å²) in [5.74, 6) is -2.81. The second-order valence-electron chi connectivity index (χ2n) is 6.48. The molecule has 3 amide bonds. The van der Waals surface area contributed by atoms with Gasteiger partial charge in [0.15, 0.2) is 0 Å². The quantitative estimate of drug-likeness (QED) is 0.758. The van der Waals surface area contributed by atoms with Crippen LogP contribution in [0.25, 0.3) is 0 Å². The molecular weight excluding hydrogens is 367 g/mol. The topological polar surface area (TPSA) is 84.0 Å². The van der Waals surface area contributed by atoms with Crippen LogP contribution in [0.1, 0.15) is 39.1 Å². The van der Waals surface area contributed by atoms with Gasteiger partial charge in [0, 0.05) is 18.7 Å². The van der Waals surface area contributed by atoms with Crippen molar-refractivity contribution in [1.82, 2.24) is 5.06 Å². The first-order chi connectivity index (χ1) is 13.5. The molecule has 0 spiro atoms. The number of fused-ring (bicyclic) bond motifs is 2. The SMILES string of the molecule is O=C(CCN1C(=O)CCc2cc(F)ccc21)ON1C(=O)c2ccccc2C1=O. The molecule has 0 atom stereocenters. The third-order valence-corrected chi connectivity index (χ3v) is 4.73. The Balaban J connectivity index is 1.43. The number of hydrogen-bond acceptors (Lipinski definition) is 5. The number of hydrogen-bond donors (Lipinski definition) is 0. The summed E-state index contributed by atoms with van der Waals surface area (Å²) in [6, 6.07) is 10.3. The van der Waals surface area contributed by atoms with Crippen LogP contribution >= 0.6 is 0 Å². The molecule has 0 saturated heterocycles. The molecule has 0 radical (unpaired) electrons. The number of halogens is 1. The zero-order valence-electron chi connectivity index (χ0n) is 14.7. The van der Waals surface area contributed by atoms with Gasteiger partial charge in [-0.3, -0.25) is 14.4 Å². The maximum Gasteiger partial charge on any atom is 0.335 e. The Morgan fingerprint density at radius 2 is 1.68 bits per heavy atom. The van der Waals surface area contributed by atoms with Crippen LogP contribution < -0.4 is 4.90 Å². The zero-order valence-corrected chi connectivity index (χ0v) is 14.7. The minimum Gasteiger partial charge on any atom is -0.330 e. The largest absolute Gasteiger partial charge is 0.335 e. The van der Waals surface area contributed by atoms with E-state index in [2.05, 4.69) is 0 Å². The van der Waals surface area contributed by atoms with Crippen LogP contribution in [-0.4, -0.2) is 35.3 Å². The minimum absolute atomic E-state index is 0.000527. The van der Waals surface area contributed by atoms with Crippen molar-refractivity contribution in [2.24, 2.45) is 0 Å². The van der Waals surface area contributed by atoms with Crippen molar-refractivity contribution in [2.75, 3.05) is 11.4 Å². The molecule has 7 nitrogen and oxygen atoms in total. The Kier molecular flexibility index (Phi) is 4.38. The summed E-state index contributed by atoms with van der Waals surface area (Å²) in [5.41, 5.74) is 1.57. The molecule has 0 aromatic heterocycles. The maximum absolute atomic E-state index is 13.4. The number of anilines is 1. The number of rotatable bonds is 4. The summed E-state index contributed by atoms with van der Waals surface area (Å²) in [6.07, 6.45) is 0.418. The van der Waals surface area contributed by atoms with Gasteiger partial charge in [-0.25, -0.2) is 9.18 Å². The van der Waals surface area contributed by atoms with Crippen LogP contribution in [0.4, 0.5) is 10.1 Å². The van der Waals surface area contributed by atoms with Crippen LogP contribution in [-0.2, 0) is 20.8 Å². The van der Waals surface area contributed by atoms with E-state index in [0.717, 1.165) is 0 Å². The fourth-order valence-corrected chi connectivity index (χ4v) is 3.37. The van der Waals surface area contributed by atoms with E-state index >= 15 is 0 Å². The number of nitrogens with zero attached hydrogens (tertiary/aromatic N) is 2. The van der Waals surface area contributed by atoms with Crippen molar-refractivity contribution < 1.29 is 28.4 Å². The first-order valence-electron chi connectivity index (χ1n) is 8.73. The number of hydroxylamine groups is 2. The van der Waals surface area contributed by atoms with E-state index in [9.17, 15) is 23.6 Å². The zero-order chi connectivity index (χ0) is 19.8. The van der Waals surface area contributed by atoms with Gasteiger partial charge in [-0.1, -0.05) is 17.2 Å². The summed E-state index contributed by atoms with van der Waals surface area (Å²) < 4.78 is 13.4. The summed E-state index contributed by atoms with van der Waals surface area (Å²) in [7, 11) is 0. The molecule has 142 valence electrons. The monoisotopic (exact) mass is 382 g/mol. The lowest BCUT2D eigenvalue weighted by Gasteiger charge is -2.29. The number of imide groups is 1. The molecule has 0 aliphatic carbocycles. The second kappa shape index (κ2) is 6.88. The van der Waals surface area contributed by atoms with Crippen molar-refractivity contribution in [3.63, 3.8) is 0 Å². The second-order valence-corrected chi connectivity index (χ2v) is 6.48. The molecule has 0 saturated carbocycles. The molecule has 0 N–H and O–H groups in total. The minimum atomic E-state index is -0.823. The standard InChI is InChI=1S/C20H15FN2O5/c21-13-6-7-16-12(11-13)5-8-17(24)22(16)10-9-18(25)28-23-19(26)14-3-1-2-4-15(14)20(23)27/h1-4,6-7,11H,5,8-10H2. The van der Waals surface area contributed by atoms with Gasteiger partial charge in [0.1, 0.15) is 5.82 Å².